The Hall–Kier alpha value is -1.17. The fourth-order valence-electron chi connectivity index (χ4n) is 1.49. The summed E-state index contributed by atoms with van der Waals surface area (Å²) < 4.78 is 0. The van der Waals surface area contributed by atoms with Gasteiger partial charge in [0.05, 0.1) is 0 Å². The first-order valence-corrected chi connectivity index (χ1v) is 7.77. The summed E-state index contributed by atoms with van der Waals surface area (Å²) in [4.78, 5) is 8.31. The van der Waals surface area contributed by atoms with Gasteiger partial charge >= 0.3 is 0 Å². The Morgan fingerprint density at radius 3 is 2.44 bits per heavy atom. The van der Waals surface area contributed by atoms with Crippen molar-refractivity contribution in [3.05, 3.63) is 6.07 Å². The Labute approximate surface area is 113 Å². The molecule has 4 N–H and O–H groups in total. The van der Waals surface area contributed by atoms with Crippen LogP contribution in [0.15, 0.2) is 6.07 Å². The molecule has 0 aliphatic heterocycles. The smallest absolute Gasteiger partial charge is 0.223 e. The van der Waals surface area contributed by atoms with E-state index in [0.717, 1.165) is 37.6 Å². The van der Waals surface area contributed by atoms with Crippen molar-refractivity contribution in [1.29, 1.82) is 0 Å². The minimum Gasteiger partial charge on any atom is -0.370 e. The van der Waals surface area contributed by atoms with Gasteiger partial charge in [0.25, 0.3) is 0 Å². The number of hydrogen-bond donors (Lipinski definition) is 3. The second kappa shape index (κ2) is 8.85. The third-order valence-corrected chi connectivity index (χ3v) is 3.08. The molecule has 1 rings (SSSR count). The molecule has 0 radical (unpaired) electrons. The lowest BCUT2D eigenvalue weighted by molar-refractivity contribution is 0.839. The molecular formula is C12H23N5S. The van der Waals surface area contributed by atoms with E-state index in [4.69, 9.17) is 5.73 Å². The molecule has 0 aliphatic rings. The Morgan fingerprint density at radius 1 is 1.17 bits per heavy atom. The minimum atomic E-state index is 0.308. The molecule has 1 aromatic heterocycles. The van der Waals surface area contributed by atoms with Gasteiger partial charge in [-0.25, -0.2) is 0 Å². The quantitative estimate of drug-likeness (QED) is 0.598. The van der Waals surface area contributed by atoms with Crippen molar-refractivity contribution in [2.45, 2.75) is 26.2 Å². The van der Waals surface area contributed by atoms with E-state index in [1.807, 2.05) is 17.8 Å². The number of aromatic nitrogens is 2. The van der Waals surface area contributed by atoms with Crippen molar-refractivity contribution in [2.75, 3.05) is 41.5 Å². The molecule has 1 heterocycles. The Bertz CT molecular complexity index is 345. The number of nitrogen functional groups attached to an aromatic ring is 1. The predicted octanol–water partition coefficient (Wildman–Crippen LogP) is 2.44. The molecule has 0 aromatic carbocycles. The summed E-state index contributed by atoms with van der Waals surface area (Å²) in [6.45, 7) is 3.93. The van der Waals surface area contributed by atoms with E-state index in [-0.39, 0.29) is 0 Å². The third-order valence-electron chi connectivity index (χ3n) is 2.38. The zero-order valence-corrected chi connectivity index (χ0v) is 12.0. The predicted molar refractivity (Wildman–Crippen MR) is 81.3 cm³/mol. The van der Waals surface area contributed by atoms with Gasteiger partial charge in [-0.1, -0.05) is 6.92 Å². The molecule has 5 nitrogen and oxygen atoms in total. The summed E-state index contributed by atoms with van der Waals surface area (Å²) in [6.07, 6.45) is 5.55. The van der Waals surface area contributed by atoms with E-state index in [9.17, 15) is 0 Å². The number of unbranched alkanes of at least 4 members (excludes halogenated alkanes) is 1. The first kappa shape index (κ1) is 14.9. The molecule has 0 aliphatic carbocycles. The first-order chi connectivity index (χ1) is 8.76. The SMILES string of the molecule is CCCNc1cc(NCCCCSC)nc(N)n1. The van der Waals surface area contributed by atoms with Gasteiger partial charge in [0.1, 0.15) is 11.6 Å². The molecule has 1 aromatic rings. The second-order valence-corrected chi connectivity index (χ2v) is 5.04. The average molecular weight is 269 g/mol. The lowest BCUT2D eigenvalue weighted by Gasteiger charge is -2.09. The van der Waals surface area contributed by atoms with Crippen LogP contribution in [0, 0.1) is 0 Å². The molecule has 0 amide bonds. The van der Waals surface area contributed by atoms with Gasteiger partial charge in [-0.3, -0.25) is 0 Å². The zero-order chi connectivity index (χ0) is 13.2. The molecule has 18 heavy (non-hydrogen) atoms. The van der Waals surface area contributed by atoms with Crippen LogP contribution < -0.4 is 16.4 Å². The number of rotatable bonds is 9. The molecule has 0 fully saturated rings. The van der Waals surface area contributed by atoms with Crippen LogP contribution in [-0.4, -0.2) is 35.1 Å². The van der Waals surface area contributed by atoms with E-state index >= 15 is 0 Å². The van der Waals surface area contributed by atoms with Crippen molar-refractivity contribution < 1.29 is 0 Å². The van der Waals surface area contributed by atoms with Crippen molar-refractivity contribution in [1.82, 2.24) is 9.97 Å². The third kappa shape index (κ3) is 5.95. The van der Waals surface area contributed by atoms with Crippen molar-refractivity contribution in [2.24, 2.45) is 0 Å². The molecule has 0 unspecified atom stereocenters. The highest BCUT2D eigenvalue weighted by Crippen LogP contribution is 2.12. The minimum absolute atomic E-state index is 0.308. The normalized spacial score (nSPS) is 10.3. The number of hydrogen-bond acceptors (Lipinski definition) is 6. The van der Waals surface area contributed by atoms with Crippen molar-refractivity contribution >= 4 is 29.3 Å². The van der Waals surface area contributed by atoms with Gasteiger partial charge < -0.3 is 16.4 Å². The highest BCUT2D eigenvalue weighted by atomic mass is 32.2. The van der Waals surface area contributed by atoms with Crippen LogP contribution in [0.1, 0.15) is 26.2 Å². The largest absolute Gasteiger partial charge is 0.370 e. The highest BCUT2D eigenvalue weighted by molar-refractivity contribution is 7.98. The highest BCUT2D eigenvalue weighted by Gasteiger charge is 2.01. The Kier molecular flexibility index (Phi) is 7.32. The summed E-state index contributed by atoms with van der Waals surface area (Å²) >= 11 is 1.88. The number of nitrogens with one attached hydrogen (secondary N) is 2. The number of thioether (sulfide) groups is 1. The second-order valence-electron chi connectivity index (χ2n) is 4.05. The van der Waals surface area contributed by atoms with Crippen LogP contribution in [0.3, 0.4) is 0 Å². The van der Waals surface area contributed by atoms with E-state index in [1.165, 1.54) is 12.2 Å². The van der Waals surface area contributed by atoms with Gasteiger partial charge in [0.2, 0.25) is 5.95 Å². The Balaban J connectivity index is 2.41. The monoisotopic (exact) mass is 269 g/mol. The summed E-state index contributed by atoms with van der Waals surface area (Å²) in [5.41, 5.74) is 5.68. The van der Waals surface area contributed by atoms with E-state index in [1.54, 1.807) is 0 Å². The summed E-state index contributed by atoms with van der Waals surface area (Å²) in [7, 11) is 0. The Morgan fingerprint density at radius 2 is 1.83 bits per heavy atom. The summed E-state index contributed by atoms with van der Waals surface area (Å²) in [5, 5.41) is 6.49. The molecule has 102 valence electrons. The van der Waals surface area contributed by atoms with Gasteiger partial charge in [-0.15, -0.1) is 0 Å². The molecule has 0 saturated carbocycles. The lowest BCUT2D eigenvalue weighted by Crippen LogP contribution is -2.09. The van der Waals surface area contributed by atoms with Crippen molar-refractivity contribution in [3.63, 3.8) is 0 Å². The molecule has 0 atom stereocenters. The van der Waals surface area contributed by atoms with Crippen LogP contribution >= 0.6 is 11.8 Å². The lowest BCUT2D eigenvalue weighted by atomic mass is 10.3. The number of nitrogens with zero attached hydrogens (tertiary/aromatic N) is 2. The number of anilines is 3. The number of nitrogens with two attached hydrogens (primary N) is 1. The molecule has 6 heteroatoms. The fourth-order valence-corrected chi connectivity index (χ4v) is 1.98. The van der Waals surface area contributed by atoms with Crippen LogP contribution in [0.25, 0.3) is 0 Å². The summed E-state index contributed by atoms with van der Waals surface area (Å²) in [6, 6.07) is 1.90. The molecule has 0 spiro atoms. The molecule has 0 saturated heterocycles. The van der Waals surface area contributed by atoms with Crippen LogP contribution in [0.4, 0.5) is 17.6 Å². The van der Waals surface area contributed by atoms with Gasteiger partial charge in [-0.05, 0) is 31.3 Å². The van der Waals surface area contributed by atoms with E-state index in [2.05, 4.69) is 33.8 Å². The van der Waals surface area contributed by atoms with Crippen molar-refractivity contribution in [3.8, 4) is 0 Å². The maximum Gasteiger partial charge on any atom is 0.223 e. The van der Waals surface area contributed by atoms with Gasteiger partial charge in [-0.2, -0.15) is 21.7 Å². The van der Waals surface area contributed by atoms with Gasteiger partial charge in [0, 0.05) is 19.2 Å². The van der Waals surface area contributed by atoms with Crippen LogP contribution in [-0.2, 0) is 0 Å². The zero-order valence-electron chi connectivity index (χ0n) is 11.2. The maximum atomic E-state index is 5.68. The average Bonchev–Trinajstić information content (AvgIpc) is 2.35. The molecular weight excluding hydrogens is 246 g/mol. The van der Waals surface area contributed by atoms with E-state index < -0.39 is 0 Å². The van der Waals surface area contributed by atoms with Crippen LogP contribution in [0.2, 0.25) is 0 Å². The maximum absolute atomic E-state index is 5.68. The topological polar surface area (TPSA) is 75.9 Å². The first-order valence-electron chi connectivity index (χ1n) is 6.37. The fraction of sp³-hybridized carbons (Fsp3) is 0.667. The summed E-state index contributed by atoms with van der Waals surface area (Å²) in [5.74, 6) is 3.10. The van der Waals surface area contributed by atoms with Crippen LogP contribution in [0.5, 0.6) is 0 Å². The van der Waals surface area contributed by atoms with E-state index in [0.29, 0.717) is 5.95 Å². The van der Waals surface area contributed by atoms with Gasteiger partial charge in [0.15, 0.2) is 0 Å². The standard InChI is InChI=1S/C12H23N5S/c1-3-6-14-10-9-11(17-12(13)16-10)15-7-4-5-8-18-2/h9H,3-8H2,1-2H3,(H4,13,14,15,16,17). The molecule has 0 bridgehead atoms.